The molecule has 0 aromatic heterocycles. The predicted octanol–water partition coefficient (Wildman–Crippen LogP) is 2.82. The fourth-order valence-corrected chi connectivity index (χ4v) is 4.25. The molecule has 0 aromatic rings. The number of rotatable bonds is 3. The van der Waals surface area contributed by atoms with Crippen molar-refractivity contribution in [1.82, 2.24) is 15.1 Å². The SMILES string of the molecule is CNC1CCC(C(C)C)CC1N1CCN(C(C)(C)C)CC1. The van der Waals surface area contributed by atoms with E-state index < -0.39 is 0 Å². The first-order chi connectivity index (χ1) is 9.82. The van der Waals surface area contributed by atoms with Gasteiger partial charge in [0.1, 0.15) is 0 Å². The molecule has 1 aliphatic carbocycles. The number of piperazine rings is 1. The summed E-state index contributed by atoms with van der Waals surface area (Å²) in [4.78, 5) is 5.42. The molecule has 0 aromatic carbocycles. The number of nitrogens with one attached hydrogen (secondary N) is 1. The molecule has 0 amide bonds. The Kier molecular flexibility index (Phi) is 5.72. The molecule has 0 bridgehead atoms. The van der Waals surface area contributed by atoms with Crippen LogP contribution in [0.1, 0.15) is 53.9 Å². The van der Waals surface area contributed by atoms with E-state index in [1.54, 1.807) is 0 Å². The Hall–Kier alpha value is -0.120. The number of hydrogen-bond donors (Lipinski definition) is 1. The van der Waals surface area contributed by atoms with Crippen molar-refractivity contribution in [2.24, 2.45) is 11.8 Å². The third-order valence-electron chi connectivity index (χ3n) is 5.90. The Labute approximate surface area is 132 Å². The van der Waals surface area contributed by atoms with Crippen molar-refractivity contribution in [2.45, 2.75) is 71.5 Å². The molecule has 124 valence electrons. The topological polar surface area (TPSA) is 18.5 Å². The fraction of sp³-hybridized carbons (Fsp3) is 1.00. The summed E-state index contributed by atoms with van der Waals surface area (Å²) in [5, 5.41) is 3.60. The first-order valence-electron chi connectivity index (χ1n) is 8.99. The van der Waals surface area contributed by atoms with E-state index >= 15 is 0 Å². The second-order valence-electron chi connectivity index (χ2n) is 8.47. The summed E-state index contributed by atoms with van der Waals surface area (Å²) in [6.07, 6.45) is 4.14. The zero-order valence-electron chi connectivity index (χ0n) is 15.2. The Morgan fingerprint density at radius 1 is 1.00 bits per heavy atom. The molecule has 2 rings (SSSR count). The van der Waals surface area contributed by atoms with Gasteiger partial charge in [0, 0.05) is 43.8 Å². The van der Waals surface area contributed by atoms with Crippen LogP contribution in [0.4, 0.5) is 0 Å². The van der Waals surface area contributed by atoms with E-state index in [0.29, 0.717) is 11.6 Å². The molecule has 3 nitrogen and oxygen atoms in total. The van der Waals surface area contributed by atoms with Gasteiger partial charge < -0.3 is 5.32 Å². The monoisotopic (exact) mass is 295 g/mol. The molecular formula is C18H37N3. The Bertz CT molecular complexity index is 313. The molecule has 1 saturated heterocycles. The van der Waals surface area contributed by atoms with E-state index in [4.69, 9.17) is 0 Å². The van der Waals surface area contributed by atoms with Gasteiger partial charge >= 0.3 is 0 Å². The van der Waals surface area contributed by atoms with E-state index in [1.165, 1.54) is 45.4 Å². The van der Waals surface area contributed by atoms with Crippen molar-refractivity contribution in [3.05, 3.63) is 0 Å². The molecule has 1 heterocycles. The lowest BCUT2D eigenvalue weighted by atomic mass is 9.76. The van der Waals surface area contributed by atoms with Gasteiger partial charge in [-0.3, -0.25) is 9.80 Å². The zero-order chi connectivity index (χ0) is 15.6. The van der Waals surface area contributed by atoms with Crippen molar-refractivity contribution in [3.63, 3.8) is 0 Å². The summed E-state index contributed by atoms with van der Waals surface area (Å²) in [5.41, 5.74) is 0.321. The maximum Gasteiger partial charge on any atom is 0.0253 e. The van der Waals surface area contributed by atoms with Gasteiger partial charge in [0.05, 0.1) is 0 Å². The first-order valence-corrected chi connectivity index (χ1v) is 8.99. The summed E-state index contributed by atoms with van der Waals surface area (Å²) < 4.78 is 0. The zero-order valence-corrected chi connectivity index (χ0v) is 15.2. The van der Waals surface area contributed by atoms with Gasteiger partial charge in [-0.1, -0.05) is 13.8 Å². The minimum absolute atomic E-state index is 0.321. The average Bonchev–Trinajstić information content (AvgIpc) is 2.45. The van der Waals surface area contributed by atoms with Crippen molar-refractivity contribution >= 4 is 0 Å². The van der Waals surface area contributed by atoms with Gasteiger partial charge in [0.15, 0.2) is 0 Å². The molecule has 0 radical (unpaired) electrons. The van der Waals surface area contributed by atoms with Crippen LogP contribution in [-0.2, 0) is 0 Å². The van der Waals surface area contributed by atoms with Gasteiger partial charge in [-0.2, -0.15) is 0 Å². The van der Waals surface area contributed by atoms with Crippen LogP contribution in [0.5, 0.6) is 0 Å². The molecule has 0 spiro atoms. The van der Waals surface area contributed by atoms with Crippen LogP contribution in [0.2, 0.25) is 0 Å². The van der Waals surface area contributed by atoms with Crippen molar-refractivity contribution in [1.29, 1.82) is 0 Å². The summed E-state index contributed by atoms with van der Waals surface area (Å²) in [6.45, 7) is 16.8. The van der Waals surface area contributed by atoms with E-state index in [0.717, 1.165) is 17.9 Å². The van der Waals surface area contributed by atoms with Crippen LogP contribution in [0.15, 0.2) is 0 Å². The van der Waals surface area contributed by atoms with Crippen LogP contribution in [0.3, 0.4) is 0 Å². The number of hydrogen-bond acceptors (Lipinski definition) is 3. The minimum atomic E-state index is 0.321. The molecule has 2 fully saturated rings. The highest BCUT2D eigenvalue weighted by Crippen LogP contribution is 2.33. The summed E-state index contributed by atoms with van der Waals surface area (Å²) in [7, 11) is 2.15. The lowest BCUT2D eigenvalue weighted by molar-refractivity contribution is 0.0125. The minimum Gasteiger partial charge on any atom is -0.315 e. The molecule has 21 heavy (non-hydrogen) atoms. The van der Waals surface area contributed by atoms with Crippen LogP contribution in [-0.4, -0.2) is 60.6 Å². The molecule has 3 unspecified atom stereocenters. The quantitative estimate of drug-likeness (QED) is 0.864. The molecule has 3 heteroatoms. The fourth-order valence-electron chi connectivity index (χ4n) is 4.25. The highest BCUT2D eigenvalue weighted by molar-refractivity contribution is 4.94. The summed E-state index contributed by atoms with van der Waals surface area (Å²) >= 11 is 0. The maximum atomic E-state index is 3.60. The molecule has 1 saturated carbocycles. The van der Waals surface area contributed by atoms with Crippen LogP contribution in [0, 0.1) is 11.8 Å². The van der Waals surface area contributed by atoms with E-state index in [-0.39, 0.29) is 0 Å². The molecule has 3 atom stereocenters. The largest absolute Gasteiger partial charge is 0.315 e. The highest BCUT2D eigenvalue weighted by Gasteiger charge is 2.36. The summed E-state index contributed by atoms with van der Waals surface area (Å²) in [5.74, 6) is 1.75. The maximum absolute atomic E-state index is 3.60. The summed E-state index contributed by atoms with van der Waals surface area (Å²) in [6, 6.07) is 1.44. The van der Waals surface area contributed by atoms with Gasteiger partial charge in [-0.25, -0.2) is 0 Å². The molecule has 1 N–H and O–H groups in total. The van der Waals surface area contributed by atoms with Crippen LogP contribution >= 0.6 is 0 Å². The van der Waals surface area contributed by atoms with Gasteiger partial charge in [0.2, 0.25) is 0 Å². The van der Waals surface area contributed by atoms with Crippen LogP contribution in [0.25, 0.3) is 0 Å². The van der Waals surface area contributed by atoms with Crippen molar-refractivity contribution in [3.8, 4) is 0 Å². The van der Waals surface area contributed by atoms with E-state index in [2.05, 4.69) is 56.8 Å². The van der Waals surface area contributed by atoms with Gasteiger partial charge in [0.25, 0.3) is 0 Å². The standard InChI is InChI=1S/C18H37N3/c1-14(2)15-7-8-16(19-6)17(13-15)20-9-11-21(12-10-20)18(3,4)5/h14-17,19H,7-13H2,1-6H3. The number of likely N-dealkylation sites (N-methyl/N-ethyl adjacent to an activating group) is 1. The van der Waals surface area contributed by atoms with E-state index in [9.17, 15) is 0 Å². The molecular weight excluding hydrogens is 258 g/mol. The smallest absolute Gasteiger partial charge is 0.0253 e. The first kappa shape index (κ1) is 17.2. The third kappa shape index (κ3) is 4.20. The highest BCUT2D eigenvalue weighted by atomic mass is 15.3. The second kappa shape index (κ2) is 6.97. The molecule has 1 aliphatic heterocycles. The van der Waals surface area contributed by atoms with Crippen molar-refractivity contribution in [2.75, 3.05) is 33.2 Å². The van der Waals surface area contributed by atoms with Gasteiger partial charge in [-0.05, 0) is 58.9 Å². The molecule has 2 aliphatic rings. The third-order valence-corrected chi connectivity index (χ3v) is 5.90. The van der Waals surface area contributed by atoms with E-state index in [1.807, 2.05) is 0 Å². The normalized spacial score (nSPS) is 33.6. The lowest BCUT2D eigenvalue weighted by Gasteiger charge is -2.49. The average molecular weight is 296 g/mol. The lowest BCUT2D eigenvalue weighted by Crippen LogP contribution is -2.60. The Balaban J connectivity index is 1.96. The van der Waals surface area contributed by atoms with Crippen LogP contribution < -0.4 is 5.32 Å². The Morgan fingerprint density at radius 3 is 2.10 bits per heavy atom. The van der Waals surface area contributed by atoms with Gasteiger partial charge in [-0.15, -0.1) is 0 Å². The van der Waals surface area contributed by atoms with Crippen molar-refractivity contribution < 1.29 is 0 Å². The Morgan fingerprint density at radius 2 is 1.62 bits per heavy atom. The second-order valence-corrected chi connectivity index (χ2v) is 8.47. The number of nitrogens with zero attached hydrogens (tertiary/aromatic N) is 2. The predicted molar refractivity (Wildman–Crippen MR) is 91.7 cm³/mol.